The molecule has 5 rings (SSSR count). The summed E-state index contributed by atoms with van der Waals surface area (Å²) in [6, 6.07) is 16.2. The van der Waals surface area contributed by atoms with Crippen LogP contribution in [-0.2, 0) is 17.9 Å². The molecule has 4 aromatic rings. The molecule has 1 aliphatic heterocycles. The van der Waals surface area contributed by atoms with Gasteiger partial charge < -0.3 is 9.72 Å². The van der Waals surface area contributed by atoms with E-state index in [0.29, 0.717) is 19.5 Å². The lowest BCUT2D eigenvalue weighted by Gasteiger charge is -2.19. The summed E-state index contributed by atoms with van der Waals surface area (Å²) in [5.41, 5.74) is 5.26. The average Bonchev–Trinajstić information content (AvgIpc) is 3.29. The van der Waals surface area contributed by atoms with Crippen LogP contribution in [-0.4, -0.2) is 25.1 Å². The number of hydrogen-bond donors (Lipinski definition) is 1. The van der Waals surface area contributed by atoms with Crippen molar-refractivity contribution >= 4 is 11.6 Å². The van der Waals surface area contributed by atoms with Crippen molar-refractivity contribution in [3.8, 4) is 0 Å². The molecule has 27 heavy (non-hydrogen) atoms. The first-order valence-corrected chi connectivity index (χ1v) is 9.07. The lowest BCUT2D eigenvalue weighted by Crippen LogP contribution is -2.22. The molecule has 0 saturated carbocycles. The molecule has 0 spiro atoms. The molecule has 1 aliphatic rings. The van der Waals surface area contributed by atoms with Gasteiger partial charge in [0.15, 0.2) is 0 Å². The fraction of sp³-hybridized carbons (Fsp3) is 0.190. The zero-order valence-corrected chi connectivity index (χ0v) is 14.7. The van der Waals surface area contributed by atoms with Crippen LogP contribution in [0.1, 0.15) is 34.9 Å². The van der Waals surface area contributed by atoms with Gasteiger partial charge in [-0.25, -0.2) is 4.98 Å². The van der Waals surface area contributed by atoms with Gasteiger partial charge in [-0.3, -0.25) is 9.48 Å². The number of rotatable bonds is 3. The van der Waals surface area contributed by atoms with Gasteiger partial charge in [0.1, 0.15) is 5.65 Å². The molecule has 1 amide bonds. The van der Waals surface area contributed by atoms with Crippen LogP contribution >= 0.6 is 0 Å². The van der Waals surface area contributed by atoms with E-state index in [2.05, 4.69) is 26.9 Å². The number of aromatic nitrogens is 4. The third-order valence-electron chi connectivity index (χ3n) is 5.14. The predicted octanol–water partition coefficient (Wildman–Crippen LogP) is 2.73. The quantitative estimate of drug-likeness (QED) is 0.613. The molecule has 0 unspecified atom stereocenters. The first-order valence-electron chi connectivity index (χ1n) is 9.07. The van der Waals surface area contributed by atoms with Gasteiger partial charge in [-0.15, -0.1) is 0 Å². The van der Waals surface area contributed by atoms with E-state index in [0.717, 1.165) is 28.2 Å². The molecule has 0 fully saturated rings. The van der Waals surface area contributed by atoms with E-state index in [4.69, 9.17) is 4.98 Å². The number of benzene rings is 1. The summed E-state index contributed by atoms with van der Waals surface area (Å²) in [7, 11) is 0. The van der Waals surface area contributed by atoms with Crippen molar-refractivity contribution in [1.82, 2.24) is 24.5 Å². The summed E-state index contributed by atoms with van der Waals surface area (Å²) in [4.78, 5) is 17.2. The Morgan fingerprint density at radius 2 is 1.96 bits per heavy atom. The van der Waals surface area contributed by atoms with Crippen LogP contribution in [0.3, 0.4) is 0 Å². The molecule has 3 aromatic heterocycles. The van der Waals surface area contributed by atoms with Crippen LogP contribution in [0.5, 0.6) is 0 Å². The highest BCUT2D eigenvalue weighted by Gasteiger charge is 2.30. The summed E-state index contributed by atoms with van der Waals surface area (Å²) in [6.07, 6.45) is 6.17. The maximum Gasteiger partial charge on any atom is 0.221 e. The molecule has 6 nitrogen and oxygen atoms in total. The highest BCUT2D eigenvalue weighted by atomic mass is 16.1. The van der Waals surface area contributed by atoms with Gasteiger partial charge in [-0.2, -0.15) is 5.10 Å². The minimum Gasteiger partial charge on any atom is -0.350 e. The van der Waals surface area contributed by atoms with Crippen molar-refractivity contribution in [1.29, 1.82) is 0 Å². The second-order valence-electron chi connectivity index (χ2n) is 6.81. The van der Waals surface area contributed by atoms with Gasteiger partial charge in [0, 0.05) is 30.9 Å². The van der Waals surface area contributed by atoms with Gasteiger partial charge >= 0.3 is 0 Å². The molecule has 4 heterocycles. The van der Waals surface area contributed by atoms with Crippen molar-refractivity contribution in [3.63, 3.8) is 0 Å². The van der Waals surface area contributed by atoms with Crippen molar-refractivity contribution in [3.05, 3.63) is 89.6 Å². The first kappa shape index (κ1) is 15.8. The normalized spacial score (nSPS) is 16.7. The van der Waals surface area contributed by atoms with E-state index >= 15 is 0 Å². The molecule has 0 saturated heterocycles. The standard InChI is InChI=1S/C21H19N5O/c27-20-12-17(16-7-2-1-6-15(16)14-25-10-5-9-23-25)21-18(13-22-20)24-19-8-3-4-11-26(19)21/h1-11,17H,12-14H2,(H,22,27)/t17-/m1/s1. The van der Waals surface area contributed by atoms with Gasteiger partial charge in [0.2, 0.25) is 5.91 Å². The Bertz CT molecular complexity index is 1110. The van der Waals surface area contributed by atoms with Crippen molar-refractivity contribution in [2.24, 2.45) is 0 Å². The number of hydrogen-bond acceptors (Lipinski definition) is 3. The number of nitrogens with one attached hydrogen (secondary N) is 1. The second-order valence-corrected chi connectivity index (χ2v) is 6.81. The number of carbonyl (C=O) groups excluding carboxylic acids is 1. The molecule has 0 aliphatic carbocycles. The van der Waals surface area contributed by atoms with E-state index in [1.807, 2.05) is 53.5 Å². The number of amides is 1. The van der Waals surface area contributed by atoms with Gasteiger partial charge in [-0.1, -0.05) is 30.3 Å². The van der Waals surface area contributed by atoms with E-state index in [9.17, 15) is 4.79 Å². The highest BCUT2D eigenvalue weighted by Crippen LogP contribution is 2.35. The summed E-state index contributed by atoms with van der Waals surface area (Å²) in [5, 5.41) is 7.33. The van der Waals surface area contributed by atoms with Crippen LogP contribution in [0, 0.1) is 0 Å². The number of pyridine rings is 1. The Balaban J connectivity index is 1.68. The minimum atomic E-state index is -0.0494. The fourth-order valence-electron chi connectivity index (χ4n) is 3.94. The number of imidazole rings is 1. The zero-order valence-electron chi connectivity index (χ0n) is 14.7. The van der Waals surface area contributed by atoms with Gasteiger partial charge in [0.25, 0.3) is 0 Å². The highest BCUT2D eigenvalue weighted by molar-refractivity contribution is 5.78. The Morgan fingerprint density at radius 3 is 2.85 bits per heavy atom. The molecule has 0 radical (unpaired) electrons. The fourth-order valence-corrected chi connectivity index (χ4v) is 3.94. The predicted molar refractivity (Wildman–Crippen MR) is 101 cm³/mol. The lowest BCUT2D eigenvalue weighted by molar-refractivity contribution is -0.121. The van der Waals surface area contributed by atoms with Crippen molar-refractivity contribution in [2.75, 3.05) is 0 Å². The number of nitrogens with zero attached hydrogens (tertiary/aromatic N) is 4. The monoisotopic (exact) mass is 357 g/mol. The SMILES string of the molecule is O=C1C[C@H](c2ccccc2Cn2cccn2)c2c(nc3ccccn23)CN1. The lowest BCUT2D eigenvalue weighted by atomic mass is 9.88. The molecule has 1 aromatic carbocycles. The summed E-state index contributed by atoms with van der Waals surface area (Å²) < 4.78 is 4.02. The van der Waals surface area contributed by atoms with Crippen molar-refractivity contribution < 1.29 is 4.79 Å². The molecular formula is C21H19N5O. The van der Waals surface area contributed by atoms with Crippen LogP contribution in [0.25, 0.3) is 5.65 Å². The van der Waals surface area contributed by atoms with Crippen LogP contribution in [0.15, 0.2) is 67.1 Å². The van der Waals surface area contributed by atoms with Crippen LogP contribution in [0.2, 0.25) is 0 Å². The Labute approximate surface area is 156 Å². The average molecular weight is 357 g/mol. The Hall–Kier alpha value is -3.41. The summed E-state index contributed by atoms with van der Waals surface area (Å²) in [6.45, 7) is 1.14. The number of carbonyl (C=O) groups is 1. The first-order chi connectivity index (χ1) is 13.3. The topological polar surface area (TPSA) is 64.2 Å². The maximum atomic E-state index is 12.4. The minimum absolute atomic E-state index is 0.0494. The zero-order chi connectivity index (χ0) is 18.2. The maximum absolute atomic E-state index is 12.4. The molecule has 134 valence electrons. The van der Waals surface area contributed by atoms with E-state index in [1.54, 1.807) is 6.20 Å². The molecule has 6 heteroatoms. The Morgan fingerprint density at radius 1 is 1.07 bits per heavy atom. The van der Waals surface area contributed by atoms with Gasteiger partial charge in [-0.05, 0) is 29.3 Å². The van der Waals surface area contributed by atoms with Crippen LogP contribution < -0.4 is 5.32 Å². The van der Waals surface area contributed by atoms with E-state index in [-0.39, 0.29) is 11.8 Å². The second kappa shape index (κ2) is 6.39. The van der Waals surface area contributed by atoms with Crippen molar-refractivity contribution in [2.45, 2.75) is 25.4 Å². The smallest absolute Gasteiger partial charge is 0.221 e. The molecule has 0 bridgehead atoms. The third kappa shape index (κ3) is 2.79. The summed E-state index contributed by atoms with van der Waals surface area (Å²) >= 11 is 0. The molecular weight excluding hydrogens is 338 g/mol. The molecule has 1 atom stereocenters. The third-order valence-corrected chi connectivity index (χ3v) is 5.14. The molecule has 1 N–H and O–H groups in total. The van der Waals surface area contributed by atoms with Crippen LogP contribution in [0.4, 0.5) is 0 Å². The Kier molecular flexibility index (Phi) is 3.74. The largest absolute Gasteiger partial charge is 0.350 e. The van der Waals surface area contributed by atoms with Gasteiger partial charge in [0.05, 0.1) is 24.5 Å². The van der Waals surface area contributed by atoms with E-state index in [1.165, 1.54) is 0 Å². The number of fused-ring (bicyclic) bond motifs is 3. The van der Waals surface area contributed by atoms with E-state index < -0.39 is 0 Å². The summed E-state index contributed by atoms with van der Waals surface area (Å²) in [5.74, 6) is 0.00300.